The Kier molecular flexibility index (Phi) is 11.3. The summed E-state index contributed by atoms with van der Waals surface area (Å²) in [5.74, 6) is 0.545. The van der Waals surface area contributed by atoms with E-state index in [1.165, 1.54) is 17.0 Å². The van der Waals surface area contributed by atoms with Crippen LogP contribution < -0.4 is 19.1 Å². The molecule has 0 unspecified atom stereocenters. The average molecular weight is 622 g/mol. The van der Waals surface area contributed by atoms with E-state index in [-0.39, 0.29) is 23.4 Å². The normalized spacial score (nSPS) is 14.1. The lowest BCUT2D eigenvalue weighted by Crippen LogP contribution is -2.53. The second-order valence-corrected chi connectivity index (χ2v) is 12.9. The summed E-state index contributed by atoms with van der Waals surface area (Å²) in [4.78, 5) is 29.5. The van der Waals surface area contributed by atoms with Crippen LogP contribution in [-0.2, 0) is 26.2 Å². The third-order valence-corrected chi connectivity index (χ3v) is 9.71. The van der Waals surface area contributed by atoms with E-state index in [1.54, 1.807) is 55.6 Å². The van der Waals surface area contributed by atoms with Gasteiger partial charge in [0, 0.05) is 12.6 Å². The molecule has 3 aromatic rings. The van der Waals surface area contributed by atoms with Crippen molar-refractivity contribution < 1.29 is 27.5 Å². The van der Waals surface area contributed by atoms with Gasteiger partial charge in [0.05, 0.1) is 24.3 Å². The summed E-state index contributed by atoms with van der Waals surface area (Å²) in [7, 11) is -2.57. The molecule has 1 N–H and O–H groups in total. The molecule has 0 radical (unpaired) electrons. The lowest BCUT2D eigenvalue weighted by Gasteiger charge is -2.33. The van der Waals surface area contributed by atoms with Gasteiger partial charge in [-0.15, -0.1) is 0 Å². The fourth-order valence-corrected chi connectivity index (χ4v) is 6.87. The first kappa shape index (κ1) is 32.9. The fourth-order valence-electron chi connectivity index (χ4n) is 5.46. The van der Waals surface area contributed by atoms with Crippen LogP contribution in [0.1, 0.15) is 57.1 Å². The van der Waals surface area contributed by atoms with E-state index in [4.69, 9.17) is 9.47 Å². The van der Waals surface area contributed by atoms with E-state index in [0.717, 1.165) is 41.1 Å². The van der Waals surface area contributed by atoms with Gasteiger partial charge in [-0.25, -0.2) is 8.42 Å². The van der Waals surface area contributed by atoms with Crippen LogP contribution in [0.2, 0.25) is 0 Å². The maximum absolute atomic E-state index is 14.3. The molecule has 9 nitrogen and oxygen atoms in total. The Hall–Kier alpha value is -4.05. The van der Waals surface area contributed by atoms with E-state index in [0.29, 0.717) is 30.2 Å². The van der Waals surface area contributed by atoms with Crippen LogP contribution in [0.3, 0.4) is 0 Å². The second-order valence-electron chi connectivity index (χ2n) is 11.0. The number of carbonyl (C=O) groups is 2. The molecular formula is C34H43N3O6S. The zero-order chi connectivity index (χ0) is 31.7. The van der Waals surface area contributed by atoms with Crippen molar-refractivity contribution in [2.24, 2.45) is 0 Å². The molecule has 4 rings (SSSR count). The quantitative estimate of drug-likeness (QED) is 0.256. The van der Waals surface area contributed by atoms with E-state index in [1.807, 2.05) is 32.9 Å². The summed E-state index contributed by atoms with van der Waals surface area (Å²) in [6, 6.07) is 19.7. The number of ether oxygens (including phenoxy) is 2. The number of hydrogen-bond acceptors (Lipinski definition) is 6. The van der Waals surface area contributed by atoms with Crippen molar-refractivity contribution in [3.63, 3.8) is 0 Å². The molecule has 0 aliphatic heterocycles. The molecule has 0 aromatic heterocycles. The Bertz CT molecular complexity index is 1490. The minimum Gasteiger partial charge on any atom is -0.497 e. The lowest BCUT2D eigenvalue weighted by molar-refractivity contribution is -0.140. The zero-order valence-electron chi connectivity index (χ0n) is 26.0. The van der Waals surface area contributed by atoms with Crippen molar-refractivity contribution >= 4 is 27.5 Å². The van der Waals surface area contributed by atoms with Gasteiger partial charge in [0.25, 0.3) is 10.0 Å². The predicted octanol–water partition coefficient (Wildman–Crippen LogP) is 5.46. The largest absolute Gasteiger partial charge is 0.497 e. The van der Waals surface area contributed by atoms with Crippen molar-refractivity contribution in [1.29, 1.82) is 0 Å². The molecule has 0 spiro atoms. The monoisotopic (exact) mass is 621 g/mol. The Morgan fingerprint density at radius 1 is 0.909 bits per heavy atom. The number of anilines is 1. The molecule has 2 amide bonds. The standard InChI is InChI=1S/C34H43N3O6S/c1-5-32(34(39)35-27-9-7-8-10-27)36(23-26-13-17-29(42-4)18-14-26)33(38)24-37(28-15-19-30(20-16-28)43-6-2)44(40,41)31-21-11-25(3)12-22-31/h11-22,27,32H,5-10,23-24H2,1-4H3,(H,35,39)/t32-/m0/s1. The number of nitrogens with zero attached hydrogens (tertiary/aromatic N) is 2. The van der Waals surface area contributed by atoms with E-state index in [9.17, 15) is 18.0 Å². The van der Waals surface area contributed by atoms with Gasteiger partial charge in [0.15, 0.2) is 0 Å². The van der Waals surface area contributed by atoms with E-state index >= 15 is 0 Å². The van der Waals surface area contributed by atoms with Gasteiger partial charge in [-0.3, -0.25) is 13.9 Å². The molecule has 0 bridgehead atoms. The molecule has 10 heteroatoms. The molecule has 1 aliphatic rings. The van der Waals surface area contributed by atoms with Crippen LogP contribution in [0.25, 0.3) is 0 Å². The third kappa shape index (κ3) is 8.11. The fraction of sp³-hybridized carbons (Fsp3) is 0.412. The summed E-state index contributed by atoms with van der Waals surface area (Å²) in [6.45, 7) is 5.70. The number of sulfonamides is 1. The highest BCUT2D eigenvalue weighted by Gasteiger charge is 2.34. The first-order chi connectivity index (χ1) is 21.2. The van der Waals surface area contributed by atoms with Gasteiger partial charge in [0.1, 0.15) is 24.1 Å². The number of amides is 2. The Morgan fingerprint density at radius 3 is 2.09 bits per heavy atom. The van der Waals surface area contributed by atoms with Crippen LogP contribution in [0, 0.1) is 6.92 Å². The molecule has 0 heterocycles. The molecule has 1 fully saturated rings. The summed E-state index contributed by atoms with van der Waals surface area (Å²) >= 11 is 0. The van der Waals surface area contributed by atoms with Gasteiger partial charge in [-0.2, -0.15) is 0 Å². The highest BCUT2D eigenvalue weighted by atomic mass is 32.2. The van der Waals surface area contributed by atoms with Crippen molar-refractivity contribution in [1.82, 2.24) is 10.2 Å². The summed E-state index contributed by atoms with van der Waals surface area (Å²) in [6.07, 6.45) is 4.31. The average Bonchev–Trinajstić information content (AvgIpc) is 3.54. The summed E-state index contributed by atoms with van der Waals surface area (Å²) in [5.41, 5.74) is 2.02. The molecule has 3 aromatic carbocycles. The molecule has 1 aliphatic carbocycles. The Balaban J connectivity index is 1.71. The zero-order valence-corrected chi connectivity index (χ0v) is 26.8. The van der Waals surface area contributed by atoms with Crippen LogP contribution in [-0.4, -0.2) is 57.5 Å². The van der Waals surface area contributed by atoms with Crippen molar-refractivity contribution in [3.05, 3.63) is 83.9 Å². The first-order valence-corrected chi connectivity index (χ1v) is 16.6. The predicted molar refractivity (Wildman–Crippen MR) is 171 cm³/mol. The maximum atomic E-state index is 14.3. The minimum atomic E-state index is -4.15. The van der Waals surface area contributed by atoms with Crippen LogP contribution in [0.5, 0.6) is 11.5 Å². The molecular weight excluding hydrogens is 578 g/mol. The van der Waals surface area contributed by atoms with E-state index < -0.39 is 28.5 Å². The van der Waals surface area contributed by atoms with Gasteiger partial charge in [-0.05, 0) is 87.2 Å². The number of nitrogens with one attached hydrogen (secondary N) is 1. The van der Waals surface area contributed by atoms with Crippen molar-refractivity contribution in [2.75, 3.05) is 24.6 Å². The highest BCUT2D eigenvalue weighted by molar-refractivity contribution is 7.92. The SMILES string of the molecule is CCOc1ccc(N(CC(=O)N(Cc2ccc(OC)cc2)[C@@H](CC)C(=O)NC2CCCC2)S(=O)(=O)c2ccc(C)cc2)cc1. The molecule has 1 atom stereocenters. The maximum Gasteiger partial charge on any atom is 0.264 e. The van der Waals surface area contributed by atoms with Gasteiger partial charge in [0.2, 0.25) is 11.8 Å². The minimum absolute atomic E-state index is 0.0671. The summed E-state index contributed by atoms with van der Waals surface area (Å²) < 4.78 is 40.1. The van der Waals surface area contributed by atoms with Crippen molar-refractivity contribution in [3.8, 4) is 11.5 Å². The van der Waals surface area contributed by atoms with Crippen LogP contribution in [0.4, 0.5) is 5.69 Å². The van der Waals surface area contributed by atoms with Crippen molar-refractivity contribution in [2.45, 2.75) is 76.4 Å². The number of rotatable bonds is 14. The van der Waals surface area contributed by atoms with Gasteiger partial charge >= 0.3 is 0 Å². The smallest absolute Gasteiger partial charge is 0.264 e. The molecule has 236 valence electrons. The van der Waals surface area contributed by atoms with Gasteiger partial charge in [-0.1, -0.05) is 49.6 Å². The van der Waals surface area contributed by atoms with Crippen LogP contribution >= 0.6 is 0 Å². The third-order valence-electron chi connectivity index (χ3n) is 7.92. The second kappa shape index (κ2) is 15.1. The number of aryl methyl sites for hydroxylation is 1. The molecule has 1 saturated carbocycles. The van der Waals surface area contributed by atoms with Gasteiger partial charge < -0.3 is 19.7 Å². The van der Waals surface area contributed by atoms with E-state index in [2.05, 4.69) is 5.32 Å². The number of methoxy groups -OCH3 is 1. The number of carbonyl (C=O) groups excluding carboxylic acids is 2. The Labute approximate surface area is 261 Å². The molecule has 44 heavy (non-hydrogen) atoms. The highest BCUT2D eigenvalue weighted by Crippen LogP contribution is 2.27. The summed E-state index contributed by atoms with van der Waals surface area (Å²) in [5, 5.41) is 3.14. The number of benzene rings is 3. The van der Waals surface area contributed by atoms with Crippen LogP contribution in [0.15, 0.2) is 77.7 Å². The lowest BCUT2D eigenvalue weighted by atomic mass is 10.1. The first-order valence-electron chi connectivity index (χ1n) is 15.2. The topological polar surface area (TPSA) is 105 Å². The number of hydrogen-bond donors (Lipinski definition) is 1. The Morgan fingerprint density at radius 2 is 1.52 bits per heavy atom. The molecule has 0 saturated heterocycles.